The molecule has 9 saturated heterocycles. The van der Waals surface area contributed by atoms with Gasteiger partial charge in [0, 0.05) is 0 Å². The minimum atomic E-state index is -2.30. The summed E-state index contributed by atoms with van der Waals surface area (Å²) in [4.78, 5) is 0. The maximum atomic E-state index is 11.5. The standard InChI is InChI=1S/C54H92O46/c55-1-10-19(64)20(65)30(75)47(85-10)94-39-12(3-57)87-49(32(77)22(39)67)96-41-14(5-59)89-51(34(79)24(41)69)98-43-16(7-61)91-53(36(81)26(43)71)100-45-18(9-63)92-54(37(82)28(45)73)99-44-17(8-62)90-52(35(80)27(44)72)97-42-15(6-60)88-50(33(78)25(42)70)95-40-13(4-58)86-48(31(76)23(40)68)93-38-11(2-56)84-46(83)29(74)21(38)66/h10-83H,1-9H2/t10-,11-,12-,13-,14-,15-,16-,17-,18-,19+,20+,21-,22-,23-,24-,25-,26-,27-,28-,29-,30-,31-,32-,33-,34-,35-,36-,37-,38-,39+,40+,41+,42+,43+,44+,45+,46?,47+,48+,49+,50+,51+,52+,53+,54+/m1/s1. The highest BCUT2D eigenvalue weighted by Gasteiger charge is 2.60. The number of aliphatic hydroxyl groups excluding tert-OH is 29. The molecule has 29 N–H and O–H groups in total. The molecular weight excluding hydrogens is 1380 g/mol. The molecule has 46 heteroatoms. The summed E-state index contributed by atoms with van der Waals surface area (Å²) in [6.07, 6.45) is -89.5. The van der Waals surface area contributed by atoms with Crippen LogP contribution in [-0.2, 0) is 80.5 Å². The number of hydrogen-bond acceptors (Lipinski definition) is 46. The van der Waals surface area contributed by atoms with Crippen LogP contribution in [0, 0.1) is 0 Å². The average Bonchev–Trinajstić information content (AvgIpc) is 0.779. The van der Waals surface area contributed by atoms with E-state index >= 15 is 0 Å². The van der Waals surface area contributed by atoms with Gasteiger partial charge in [0.2, 0.25) is 0 Å². The topological polar surface area (TPSA) is 744 Å². The zero-order chi connectivity index (χ0) is 73.4. The second kappa shape index (κ2) is 35.5. The first-order valence-corrected chi connectivity index (χ1v) is 31.7. The lowest BCUT2D eigenvalue weighted by atomic mass is 9.95. The van der Waals surface area contributed by atoms with Gasteiger partial charge in [-0.3, -0.25) is 0 Å². The summed E-state index contributed by atoms with van der Waals surface area (Å²) in [5, 5.41) is 311. The van der Waals surface area contributed by atoms with E-state index in [1.807, 2.05) is 0 Å². The Morgan fingerprint density at radius 2 is 0.290 bits per heavy atom. The average molecular weight is 1480 g/mol. The van der Waals surface area contributed by atoms with Crippen molar-refractivity contribution in [1.29, 1.82) is 0 Å². The maximum absolute atomic E-state index is 11.5. The highest BCUT2D eigenvalue weighted by atomic mass is 16.8. The van der Waals surface area contributed by atoms with Crippen molar-refractivity contribution >= 4 is 0 Å². The van der Waals surface area contributed by atoms with Gasteiger partial charge in [0.1, 0.15) is 220 Å². The molecule has 0 bridgehead atoms. The molecule has 100 heavy (non-hydrogen) atoms. The van der Waals surface area contributed by atoms with E-state index in [0.29, 0.717) is 0 Å². The zero-order valence-corrected chi connectivity index (χ0v) is 52.3. The molecule has 9 aliphatic rings. The molecular formula is C54H92O46. The Bertz CT molecular complexity index is 2440. The van der Waals surface area contributed by atoms with E-state index in [4.69, 9.17) is 80.5 Å². The Morgan fingerprint density at radius 3 is 0.460 bits per heavy atom. The van der Waals surface area contributed by atoms with Crippen LogP contribution in [0.25, 0.3) is 0 Å². The Morgan fingerprint density at radius 1 is 0.150 bits per heavy atom. The van der Waals surface area contributed by atoms with Crippen molar-refractivity contribution in [3.8, 4) is 0 Å². The highest BCUT2D eigenvalue weighted by Crippen LogP contribution is 2.40. The molecule has 9 heterocycles. The molecule has 1 unspecified atom stereocenters. The molecule has 0 radical (unpaired) electrons. The summed E-state index contributed by atoms with van der Waals surface area (Å²) in [6.45, 7) is -9.29. The zero-order valence-electron chi connectivity index (χ0n) is 52.3. The Labute approximate surface area is 563 Å². The fourth-order valence-corrected chi connectivity index (χ4v) is 13.0. The van der Waals surface area contributed by atoms with E-state index in [1.54, 1.807) is 0 Å². The van der Waals surface area contributed by atoms with E-state index in [1.165, 1.54) is 0 Å². The van der Waals surface area contributed by atoms with E-state index in [2.05, 4.69) is 0 Å². The van der Waals surface area contributed by atoms with Crippen molar-refractivity contribution in [3.63, 3.8) is 0 Å². The molecule has 584 valence electrons. The molecule has 0 amide bonds. The predicted molar refractivity (Wildman–Crippen MR) is 297 cm³/mol. The number of hydrogen-bond donors (Lipinski definition) is 29. The summed E-state index contributed by atoms with van der Waals surface area (Å²) in [7, 11) is 0. The molecule has 0 aliphatic carbocycles. The first kappa shape index (κ1) is 82.2. The van der Waals surface area contributed by atoms with Gasteiger partial charge >= 0.3 is 0 Å². The maximum Gasteiger partial charge on any atom is 0.187 e. The van der Waals surface area contributed by atoms with E-state index < -0.39 is 336 Å². The van der Waals surface area contributed by atoms with Crippen LogP contribution in [0.4, 0.5) is 0 Å². The van der Waals surface area contributed by atoms with Crippen LogP contribution in [-0.4, -0.2) is 484 Å². The number of rotatable bonds is 25. The lowest BCUT2D eigenvalue weighted by molar-refractivity contribution is -0.400. The molecule has 0 aromatic heterocycles. The van der Waals surface area contributed by atoms with E-state index in [0.717, 1.165) is 0 Å². The van der Waals surface area contributed by atoms with E-state index in [-0.39, 0.29) is 0 Å². The van der Waals surface area contributed by atoms with Crippen molar-refractivity contribution in [3.05, 3.63) is 0 Å². The van der Waals surface area contributed by atoms with Gasteiger partial charge in [-0.2, -0.15) is 0 Å². The summed E-state index contributed by atoms with van der Waals surface area (Å²) in [6, 6.07) is 0. The van der Waals surface area contributed by atoms with E-state index in [9.17, 15) is 148 Å². The quantitative estimate of drug-likeness (QED) is 0.0404. The second-order valence-electron chi connectivity index (χ2n) is 25.2. The van der Waals surface area contributed by atoms with Crippen molar-refractivity contribution in [2.45, 2.75) is 276 Å². The molecule has 45 atom stereocenters. The van der Waals surface area contributed by atoms with Gasteiger partial charge in [-0.25, -0.2) is 0 Å². The molecule has 9 rings (SSSR count). The van der Waals surface area contributed by atoms with Crippen LogP contribution < -0.4 is 0 Å². The SMILES string of the molecule is OC[C@H]1O[C@@H](O[C@@H]2[C@H](O)[C@@H](O)[C@H](O[C@@H]3[C@H](O)[C@@H](O)[C@H](O[C@@H]4[C@H](O)[C@@H](O)[C@H](O[C@@H]5[C@H](O)[C@@H](O)[C@H](O[C@@H]6[C@H](O)[C@@H](O)[C@H](O[C@@H]7[C@H](O)[C@@H](O)[C@H](O[C@@H]8[C@H](O)[C@@H](O)[C@H](O[C@H]9[C@H](O)[C@@H](O)C(O)O[C@@H]9CO)O[C@@H]8CO)O[C@@H]7CO)O[C@@H]6CO)O[C@@H]5CO)O[C@@H]4CO)O[C@@H]3CO)O[C@@H]2CO)[C@H](O)[C@@H](O)[C@H]1O. The Kier molecular flexibility index (Phi) is 29.2. The third-order valence-corrected chi connectivity index (χ3v) is 18.8. The molecule has 0 saturated carbocycles. The van der Waals surface area contributed by atoms with Gasteiger partial charge in [0.15, 0.2) is 56.6 Å². The van der Waals surface area contributed by atoms with Crippen molar-refractivity contribution < 1.29 is 229 Å². The van der Waals surface area contributed by atoms with Gasteiger partial charge in [0.05, 0.1) is 59.5 Å². The number of aliphatic hydroxyl groups is 29. The third-order valence-electron chi connectivity index (χ3n) is 18.8. The van der Waals surface area contributed by atoms with Gasteiger partial charge in [-0.1, -0.05) is 0 Å². The molecule has 0 aromatic rings. The lowest BCUT2D eigenvalue weighted by Crippen LogP contribution is -2.68. The molecule has 46 nitrogen and oxygen atoms in total. The van der Waals surface area contributed by atoms with Crippen molar-refractivity contribution in [2.24, 2.45) is 0 Å². The van der Waals surface area contributed by atoms with Crippen LogP contribution in [0.5, 0.6) is 0 Å². The van der Waals surface area contributed by atoms with Crippen LogP contribution in [0.15, 0.2) is 0 Å². The first-order chi connectivity index (χ1) is 47.5. The minimum absolute atomic E-state index is 0.862. The molecule has 0 spiro atoms. The first-order valence-electron chi connectivity index (χ1n) is 31.7. The van der Waals surface area contributed by atoms with Crippen LogP contribution >= 0.6 is 0 Å². The van der Waals surface area contributed by atoms with Crippen LogP contribution in [0.3, 0.4) is 0 Å². The minimum Gasteiger partial charge on any atom is -0.394 e. The summed E-state index contributed by atoms with van der Waals surface area (Å²) < 4.78 is 94.9. The third kappa shape index (κ3) is 16.7. The van der Waals surface area contributed by atoms with Crippen molar-refractivity contribution in [1.82, 2.24) is 0 Å². The summed E-state index contributed by atoms with van der Waals surface area (Å²) in [5.74, 6) is 0. The normalized spacial score (nSPS) is 53.7. The molecule has 0 aromatic carbocycles. The van der Waals surface area contributed by atoms with Crippen molar-refractivity contribution in [2.75, 3.05) is 59.5 Å². The van der Waals surface area contributed by atoms with Gasteiger partial charge in [-0.05, 0) is 0 Å². The smallest absolute Gasteiger partial charge is 0.187 e. The predicted octanol–water partition coefficient (Wildman–Crippen LogP) is -20.6. The number of ether oxygens (including phenoxy) is 17. The summed E-state index contributed by atoms with van der Waals surface area (Å²) >= 11 is 0. The highest BCUT2D eigenvalue weighted by molar-refractivity contribution is 5.02. The molecule has 9 aliphatic heterocycles. The Balaban J connectivity index is 0.771. The van der Waals surface area contributed by atoms with Crippen LogP contribution in [0.2, 0.25) is 0 Å². The van der Waals surface area contributed by atoms with Crippen LogP contribution in [0.1, 0.15) is 0 Å². The largest absolute Gasteiger partial charge is 0.394 e. The monoisotopic (exact) mass is 1480 g/mol. The lowest BCUT2D eigenvalue weighted by Gasteiger charge is -2.50. The van der Waals surface area contributed by atoms with Gasteiger partial charge in [-0.15, -0.1) is 0 Å². The Hall–Kier alpha value is -1.84. The fourth-order valence-electron chi connectivity index (χ4n) is 13.0. The molecule has 9 fully saturated rings. The van der Waals surface area contributed by atoms with Gasteiger partial charge < -0.3 is 229 Å². The fraction of sp³-hybridized carbons (Fsp3) is 1.00. The second-order valence-corrected chi connectivity index (χ2v) is 25.2. The summed E-state index contributed by atoms with van der Waals surface area (Å²) in [5.41, 5.74) is 0. The van der Waals surface area contributed by atoms with Gasteiger partial charge in [0.25, 0.3) is 0 Å².